The van der Waals surface area contributed by atoms with Crippen LogP contribution in [0.4, 0.5) is 0 Å². The molecule has 0 spiro atoms. The van der Waals surface area contributed by atoms with E-state index in [0.29, 0.717) is 24.7 Å². The minimum atomic E-state index is -0.243. The van der Waals surface area contributed by atoms with Crippen LogP contribution in [0.25, 0.3) is 0 Å². The van der Waals surface area contributed by atoms with Gasteiger partial charge in [-0.2, -0.15) is 10.5 Å². The molecule has 1 N–H and O–H groups in total. The summed E-state index contributed by atoms with van der Waals surface area (Å²) in [6.45, 7) is 6.30. The summed E-state index contributed by atoms with van der Waals surface area (Å²) in [7, 11) is 0. The first-order valence-electron chi connectivity index (χ1n) is 6.29. The zero-order chi connectivity index (χ0) is 13.7. The van der Waals surface area contributed by atoms with E-state index in [1.54, 1.807) is 0 Å². The third-order valence-electron chi connectivity index (χ3n) is 2.32. The van der Waals surface area contributed by atoms with E-state index in [1.165, 1.54) is 0 Å². The summed E-state index contributed by atoms with van der Waals surface area (Å²) in [6, 6.07) is 10.1. The van der Waals surface area contributed by atoms with Gasteiger partial charge in [0.05, 0.1) is 5.60 Å². The van der Waals surface area contributed by atoms with Gasteiger partial charge in [0.15, 0.2) is 5.82 Å². The van der Waals surface area contributed by atoms with Crippen LogP contribution in [-0.2, 0) is 17.8 Å². The summed E-state index contributed by atoms with van der Waals surface area (Å²) in [4.78, 5) is 9.69. The molecule has 0 saturated carbocycles. The molecule has 5 heteroatoms. The average molecular weight is 261 g/mol. The zero-order valence-electron chi connectivity index (χ0n) is 11.5. The fourth-order valence-electron chi connectivity index (χ4n) is 1.53. The summed E-state index contributed by atoms with van der Waals surface area (Å²) >= 11 is 0. The van der Waals surface area contributed by atoms with Crippen LogP contribution in [0.3, 0.4) is 0 Å². The highest BCUT2D eigenvalue weighted by molar-refractivity contribution is 5.18. The third-order valence-corrected chi connectivity index (χ3v) is 2.32. The summed E-state index contributed by atoms with van der Waals surface area (Å²) in [5.41, 5.74) is 3.74. The lowest BCUT2D eigenvalue weighted by atomic mass is 10.1. The van der Waals surface area contributed by atoms with Crippen LogP contribution < -0.4 is 5.48 Å². The minimum absolute atomic E-state index is 0.243. The predicted molar refractivity (Wildman–Crippen MR) is 71.2 cm³/mol. The predicted octanol–water partition coefficient (Wildman–Crippen LogP) is 2.48. The van der Waals surface area contributed by atoms with Crippen LogP contribution in [0, 0.1) is 0 Å². The first kappa shape index (κ1) is 13.7. The minimum Gasteiger partial charge on any atom is -0.338 e. The van der Waals surface area contributed by atoms with Crippen molar-refractivity contribution >= 4 is 0 Å². The molecule has 0 atom stereocenters. The Morgan fingerprint density at radius 3 is 2.63 bits per heavy atom. The maximum absolute atomic E-state index is 5.38. The molecule has 1 aromatic carbocycles. The largest absolute Gasteiger partial charge is 0.338 e. The van der Waals surface area contributed by atoms with Gasteiger partial charge in [0.2, 0.25) is 5.89 Å². The van der Waals surface area contributed by atoms with Gasteiger partial charge in [0.25, 0.3) is 0 Å². The highest BCUT2D eigenvalue weighted by Gasteiger charge is 2.12. The fourth-order valence-corrected chi connectivity index (χ4v) is 1.53. The van der Waals surface area contributed by atoms with Crippen molar-refractivity contribution in [1.82, 2.24) is 15.6 Å². The molecule has 0 unspecified atom stereocenters. The molecule has 0 aliphatic heterocycles. The Bertz CT molecular complexity index is 503. The highest BCUT2D eigenvalue weighted by Crippen LogP contribution is 2.07. The first-order valence-corrected chi connectivity index (χ1v) is 6.29. The van der Waals surface area contributed by atoms with Crippen molar-refractivity contribution in [3.05, 3.63) is 47.6 Å². The molecular formula is C14H19N3O2. The van der Waals surface area contributed by atoms with E-state index in [2.05, 4.69) is 15.6 Å². The Labute approximate surface area is 112 Å². The molecule has 0 fully saturated rings. The standard InChI is InChI=1S/C14H19N3O2/c1-14(2,3)19-15-10-13-16-12(17-18-13)9-11-7-5-4-6-8-11/h4-8,15H,9-10H2,1-3H3. The molecule has 1 aromatic heterocycles. The average Bonchev–Trinajstić information content (AvgIpc) is 2.76. The van der Waals surface area contributed by atoms with Crippen molar-refractivity contribution in [3.8, 4) is 0 Å². The van der Waals surface area contributed by atoms with Gasteiger partial charge >= 0.3 is 0 Å². The third kappa shape index (κ3) is 4.81. The number of benzene rings is 1. The van der Waals surface area contributed by atoms with Crippen molar-refractivity contribution in [3.63, 3.8) is 0 Å². The second-order valence-corrected chi connectivity index (χ2v) is 5.30. The summed E-state index contributed by atoms with van der Waals surface area (Å²) in [5, 5.41) is 3.94. The van der Waals surface area contributed by atoms with Crippen molar-refractivity contribution in [1.29, 1.82) is 0 Å². The lowest BCUT2D eigenvalue weighted by Gasteiger charge is -2.18. The van der Waals surface area contributed by atoms with Gasteiger partial charge in [-0.25, -0.2) is 0 Å². The van der Waals surface area contributed by atoms with Crippen LogP contribution in [-0.4, -0.2) is 15.7 Å². The molecule has 0 bridgehead atoms. The SMILES string of the molecule is CC(C)(C)ONCc1nc(Cc2ccccc2)no1. The Balaban J connectivity index is 1.86. The number of nitrogens with one attached hydrogen (secondary N) is 1. The topological polar surface area (TPSA) is 60.2 Å². The van der Waals surface area contributed by atoms with Gasteiger partial charge in [-0.1, -0.05) is 35.5 Å². The smallest absolute Gasteiger partial charge is 0.242 e. The van der Waals surface area contributed by atoms with Crippen molar-refractivity contribution in [2.24, 2.45) is 0 Å². The fraction of sp³-hybridized carbons (Fsp3) is 0.429. The van der Waals surface area contributed by atoms with Crippen LogP contribution >= 0.6 is 0 Å². The van der Waals surface area contributed by atoms with Gasteiger partial charge in [0, 0.05) is 6.42 Å². The molecule has 2 aromatic rings. The normalized spacial score (nSPS) is 11.7. The highest BCUT2D eigenvalue weighted by atomic mass is 16.7. The Hall–Kier alpha value is -1.72. The number of hydroxylamine groups is 1. The maximum atomic E-state index is 5.38. The van der Waals surface area contributed by atoms with Gasteiger partial charge in [-0.05, 0) is 26.3 Å². The molecular weight excluding hydrogens is 242 g/mol. The van der Waals surface area contributed by atoms with Crippen molar-refractivity contribution < 1.29 is 9.36 Å². The van der Waals surface area contributed by atoms with Gasteiger partial charge in [0.1, 0.15) is 6.54 Å². The molecule has 0 aliphatic carbocycles. The maximum Gasteiger partial charge on any atom is 0.242 e. The first-order chi connectivity index (χ1) is 9.03. The Morgan fingerprint density at radius 1 is 1.21 bits per heavy atom. The summed E-state index contributed by atoms with van der Waals surface area (Å²) in [5.74, 6) is 1.20. The second-order valence-electron chi connectivity index (χ2n) is 5.30. The summed E-state index contributed by atoms with van der Waals surface area (Å²) < 4.78 is 5.15. The molecule has 0 saturated heterocycles. The van der Waals surface area contributed by atoms with Gasteiger partial charge < -0.3 is 4.52 Å². The molecule has 2 rings (SSSR count). The van der Waals surface area contributed by atoms with E-state index in [-0.39, 0.29) is 5.60 Å². The number of hydrogen-bond acceptors (Lipinski definition) is 5. The van der Waals surface area contributed by atoms with E-state index in [9.17, 15) is 0 Å². The molecule has 0 amide bonds. The Kier molecular flexibility index (Phi) is 4.29. The molecule has 5 nitrogen and oxygen atoms in total. The van der Waals surface area contributed by atoms with Crippen molar-refractivity contribution in [2.45, 2.75) is 39.3 Å². The van der Waals surface area contributed by atoms with Crippen LogP contribution in [0.15, 0.2) is 34.9 Å². The molecule has 0 radical (unpaired) electrons. The van der Waals surface area contributed by atoms with Crippen molar-refractivity contribution in [2.75, 3.05) is 0 Å². The molecule has 19 heavy (non-hydrogen) atoms. The number of rotatable bonds is 5. The number of hydrogen-bond donors (Lipinski definition) is 1. The molecule has 102 valence electrons. The second kappa shape index (κ2) is 5.95. The van der Waals surface area contributed by atoms with E-state index >= 15 is 0 Å². The lowest BCUT2D eigenvalue weighted by molar-refractivity contribution is -0.0783. The lowest BCUT2D eigenvalue weighted by Crippen LogP contribution is -2.28. The van der Waals surface area contributed by atoms with Gasteiger partial charge in [-0.3, -0.25) is 4.84 Å². The van der Waals surface area contributed by atoms with E-state index in [1.807, 2.05) is 51.1 Å². The van der Waals surface area contributed by atoms with Crippen LogP contribution in [0.1, 0.15) is 38.0 Å². The van der Waals surface area contributed by atoms with Crippen LogP contribution in [0.2, 0.25) is 0 Å². The Morgan fingerprint density at radius 2 is 1.95 bits per heavy atom. The molecule has 1 heterocycles. The summed E-state index contributed by atoms with van der Waals surface area (Å²) in [6.07, 6.45) is 0.671. The van der Waals surface area contributed by atoms with Gasteiger partial charge in [-0.15, -0.1) is 0 Å². The number of aromatic nitrogens is 2. The quantitative estimate of drug-likeness (QED) is 0.838. The van der Waals surface area contributed by atoms with E-state index in [0.717, 1.165) is 5.56 Å². The van der Waals surface area contributed by atoms with Crippen LogP contribution in [0.5, 0.6) is 0 Å². The number of nitrogens with zero attached hydrogens (tertiary/aromatic N) is 2. The monoisotopic (exact) mass is 261 g/mol. The van der Waals surface area contributed by atoms with E-state index in [4.69, 9.17) is 9.36 Å². The zero-order valence-corrected chi connectivity index (χ0v) is 11.5. The van der Waals surface area contributed by atoms with E-state index < -0.39 is 0 Å². The molecule has 0 aliphatic rings.